The van der Waals surface area contributed by atoms with Gasteiger partial charge in [-0.2, -0.15) is 10.2 Å². The largest absolute Gasteiger partial charge is 0.322 e. The molecule has 0 spiro atoms. The van der Waals surface area contributed by atoms with Crippen LogP contribution in [0.4, 0.5) is 22.7 Å². The number of hydrogen-bond donors (Lipinski definition) is 1. The molecule has 3 aromatic rings. The Morgan fingerprint density at radius 1 is 0.933 bits per heavy atom. The van der Waals surface area contributed by atoms with E-state index in [0.29, 0.717) is 35.6 Å². The molecule has 0 aromatic heterocycles. The van der Waals surface area contributed by atoms with Crippen molar-refractivity contribution in [3.05, 3.63) is 83.9 Å². The standard InChI is InChI=1S/C22H20N4O3S/c1-30(28,29)26-14-13-16-15-17(7-12-21(16)26)22(27)23-18-8-10-20(11-9-18)25-24-19-5-3-2-4-6-19/h2-12,15H,13-14H2,1H3,(H,23,27). The Kier molecular flexibility index (Phi) is 5.33. The summed E-state index contributed by atoms with van der Waals surface area (Å²) in [5.41, 5.74) is 4.05. The van der Waals surface area contributed by atoms with Gasteiger partial charge in [-0.05, 0) is 66.6 Å². The highest BCUT2D eigenvalue weighted by Gasteiger charge is 2.26. The summed E-state index contributed by atoms with van der Waals surface area (Å²) in [4.78, 5) is 12.6. The maximum atomic E-state index is 12.6. The van der Waals surface area contributed by atoms with Crippen molar-refractivity contribution in [2.24, 2.45) is 10.2 Å². The molecular weight excluding hydrogens is 400 g/mol. The minimum absolute atomic E-state index is 0.255. The van der Waals surface area contributed by atoms with Crippen molar-refractivity contribution >= 4 is 38.7 Å². The summed E-state index contributed by atoms with van der Waals surface area (Å²) >= 11 is 0. The normalized spacial score (nSPS) is 13.4. The Morgan fingerprint density at radius 3 is 2.27 bits per heavy atom. The van der Waals surface area contributed by atoms with Crippen LogP contribution in [-0.2, 0) is 16.4 Å². The summed E-state index contributed by atoms with van der Waals surface area (Å²) in [6.07, 6.45) is 1.77. The van der Waals surface area contributed by atoms with Gasteiger partial charge in [0.05, 0.1) is 23.3 Å². The van der Waals surface area contributed by atoms with Crippen LogP contribution >= 0.6 is 0 Å². The average Bonchev–Trinajstić information content (AvgIpc) is 3.18. The van der Waals surface area contributed by atoms with Crippen LogP contribution in [-0.4, -0.2) is 27.1 Å². The van der Waals surface area contributed by atoms with E-state index < -0.39 is 10.0 Å². The third-order valence-electron chi connectivity index (χ3n) is 4.76. The highest BCUT2D eigenvalue weighted by atomic mass is 32.2. The summed E-state index contributed by atoms with van der Waals surface area (Å²) < 4.78 is 25.1. The first-order valence-electron chi connectivity index (χ1n) is 9.39. The number of azo groups is 1. The van der Waals surface area contributed by atoms with Gasteiger partial charge in [-0.3, -0.25) is 9.10 Å². The first-order chi connectivity index (χ1) is 14.4. The van der Waals surface area contributed by atoms with Crippen molar-refractivity contribution in [3.63, 3.8) is 0 Å². The molecule has 0 fully saturated rings. The molecule has 7 nitrogen and oxygen atoms in total. The second kappa shape index (κ2) is 8.08. The number of sulfonamides is 1. The highest BCUT2D eigenvalue weighted by molar-refractivity contribution is 7.92. The van der Waals surface area contributed by atoms with E-state index in [4.69, 9.17) is 0 Å². The number of fused-ring (bicyclic) bond motifs is 1. The minimum atomic E-state index is -3.31. The Morgan fingerprint density at radius 2 is 1.60 bits per heavy atom. The molecule has 1 amide bonds. The zero-order valence-electron chi connectivity index (χ0n) is 16.3. The molecule has 1 heterocycles. The van der Waals surface area contributed by atoms with E-state index in [1.165, 1.54) is 10.6 Å². The van der Waals surface area contributed by atoms with Gasteiger partial charge in [0.1, 0.15) is 0 Å². The lowest BCUT2D eigenvalue weighted by atomic mass is 10.1. The van der Waals surface area contributed by atoms with Crippen molar-refractivity contribution in [1.29, 1.82) is 0 Å². The summed E-state index contributed by atoms with van der Waals surface area (Å²) in [5, 5.41) is 11.2. The lowest BCUT2D eigenvalue weighted by Gasteiger charge is -2.16. The summed E-state index contributed by atoms with van der Waals surface area (Å²) in [7, 11) is -3.31. The van der Waals surface area contributed by atoms with Crippen LogP contribution in [0.2, 0.25) is 0 Å². The molecule has 0 saturated carbocycles. The first-order valence-corrected chi connectivity index (χ1v) is 11.2. The van der Waals surface area contributed by atoms with Gasteiger partial charge >= 0.3 is 0 Å². The molecule has 0 aliphatic carbocycles. The van der Waals surface area contributed by atoms with Gasteiger partial charge in [0.25, 0.3) is 5.91 Å². The molecule has 8 heteroatoms. The number of rotatable bonds is 5. The van der Waals surface area contributed by atoms with Gasteiger partial charge in [-0.25, -0.2) is 8.42 Å². The number of nitrogens with one attached hydrogen (secondary N) is 1. The summed E-state index contributed by atoms with van der Waals surface area (Å²) in [5.74, 6) is -0.255. The number of nitrogens with zero attached hydrogens (tertiary/aromatic N) is 3. The Bertz CT molecular complexity index is 1210. The van der Waals surface area contributed by atoms with Gasteiger partial charge in [0.15, 0.2) is 0 Å². The zero-order valence-corrected chi connectivity index (χ0v) is 17.1. The van der Waals surface area contributed by atoms with Crippen LogP contribution in [0.25, 0.3) is 0 Å². The molecule has 0 atom stereocenters. The van der Waals surface area contributed by atoms with Gasteiger partial charge in [0, 0.05) is 17.8 Å². The average molecular weight is 420 g/mol. The van der Waals surface area contributed by atoms with E-state index in [0.717, 1.165) is 11.3 Å². The lowest BCUT2D eigenvalue weighted by molar-refractivity contribution is 0.102. The molecule has 30 heavy (non-hydrogen) atoms. The van der Waals surface area contributed by atoms with E-state index in [-0.39, 0.29) is 5.91 Å². The van der Waals surface area contributed by atoms with Crippen LogP contribution in [0.1, 0.15) is 15.9 Å². The van der Waals surface area contributed by atoms with Crippen molar-refractivity contribution in [2.75, 3.05) is 22.4 Å². The summed E-state index contributed by atoms with van der Waals surface area (Å²) in [6.45, 7) is 0.401. The molecule has 0 saturated heterocycles. The summed E-state index contributed by atoms with van der Waals surface area (Å²) in [6, 6.07) is 21.6. The molecule has 0 radical (unpaired) electrons. The highest BCUT2D eigenvalue weighted by Crippen LogP contribution is 2.31. The molecule has 1 aliphatic rings. The number of anilines is 2. The first kappa shape index (κ1) is 19.8. The van der Waals surface area contributed by atoms with Crippen molar-refractivity contribution in [3.8, 4) is 0 Å². The minimum Gasteiger partial charge on any atom is -0.322 e. The quantitative estimate of drug-likeness (QED) is 0.608. The molecular formula is C22H20N4O3S. The Hall–Kier alpha value is -3.52. The van der Waals surface area contributed by atoms with Crippen molar-refractivity contribution < 1.29 is 13.2 Å². The second-order valence-electron chi connectivity index (χ2n) is 6.97. The van der Waals surface area contributed by atoms with Crippen LogP contribution < -0.4 is 9.62 Å². The molecule has 3 aromatic carbocycles. The number of benzene rings is 3. The smallest absolute Gasteiger partial charge is 0.255 e. The molecule has 1 N–H and O–H groups in total. The van der Waals surface area contributed by atoms with E-state index in [2.05, 4.69) is 15.5 Å². The van der Waals surface area contributed by atoms with Gasteiger partial charge in [-0.15, -0.1) is 0 Å². The maximum absolute atomic E-state index is 12.6. The van der Waals surface area contributed by atoms with E-state index >= 15 is 0 Å². The number of carbonyl (C=O) groups is 1. The zero-order chi connectivity index (χ0) is 21.1. The predicted molar refractivity (Wildman–Crippen MR) is 117 cm³/mol. The van der Waals surface area contributed by atoms with E-state index in [1.807, 2.05) is 30.3 Å². The predicted octanol–water partition coefficient (Wildman–Crippen LogP) is 4.68. The van der Waals surface area contributed by atoms with Crippen molar-refractivity contribution in [2.45, 2.75) is 6.42 Å². The number of amides is 1. The van der Waals surface area contributed by atoms with Gasteiger partial charge < -0.3 is 5.32 Å². The molecule has 152 valence electrons. The Labute approximate surface area is 175 Å². The van der Waals surface area contributed by atoms with Gasteiger partial charge in [-0.1, -0.05) is 18.2 Å². The van der Waals surface area contributed by atoms with Crippen LogP contribution in [0.15, 0.2) is 83.0 Å². The number of carbonyl (C=O) groups excluding carboxylic acids is 1. The van der Waals surface area contributed by atoms with Crippen LogP contribution in [0.5, 0.6) is 0 Å². The molecule has 1 aliphatic heterocycles. The van der Waals surface area contributed by atoms with Gasteiger partial charge in [0.2, 0.25) is 10.0 Å². The van der Waals surface area contributed by atoms with E-state index in [9.17, 15) is 13.2 Å². The Balaban J connectivity index is 1.44. The maximum Gasteiger partial charge on any atom is 0.255 e. The van der Waals surface area contributed by atoms with Crippen LogP contribution in [0, 0.1) is 0 Å². The topological polar surface area (TPSA) is 91.2 Å². The van der Waals surface area contributed by atoms with Crippen molar-refractivity contribution in [1.82, 2.24) is 0 Å². The molecule has 4 rings (SSSR count). The fourth-order valence-corrected chi connectivity index (χ4v) is 4.24. The number of hydrogen-bond acceptors (Lipinski definition) is 5. The fraction of sp³-hybridized carbons (Fsp3) is 0.136. The monoisotopic (exact) mass is 420 g/mol. The van der Waals surface area contributed by atoms with E-state index in [1.54, 1.807) is 42.5 Å². The lowest BCUT2D eigenvalue weighted by Crippen LogP contribution is -2.27. The molecule has 0 bridgehead atoms. The van der Waals surface area contributed by atoms with Crippen LogP contribution in [0.3, 0.4) is 0 Å². The molecule has 0 unspecified atom stereocenters. The second-order valence-corrected chi connectivity index (χ2v) is 8.87. The fourth-order valence-electron chi connectivity index (χ4n) is 3.28. The SMILES string of the molecule is CS(=O)(=O)N1CCc2cc(C(=O)Nc3ccc(N=Nc4ccccc4)cc3)ccc21. The third-order valence-corrected chi connectivity index (χ3v) is 5.94. The third kappa shape index (κ3) is 4.38.